The van der Waals surface area contributed by atoms with Gasteiger partial charge in [0.1, 0.15) is 0 Å². The van der Waals surface area contributed by atoms with Crippen molar-refractivity contribution in [2.24, 2.45) is 0 Å². The van der Waals surface area contributed by atoms with Gasteiger partial charge in [0, 0.05) is 19.2 Å². The number of benzene rings is 1. The minimum atomic E-state index is 0.670. The Bertz CT molecular complexity index is 832. The average Bonchev–Trinajstić information content (AvgIpc) is 3.23. The first-order chi connectivity index (χ1) is 12.9. The van der Waals surface area contributed by atoms with E-state index in [1.54, 1.807) is 12.5 Å². The summed E-state index contributed by atoms with van der Waals surface area (Å²) >= 11 is 0. The van der Waals surface area contributed by atoms with Crippen molar-refractivity contribution >= 4 is 0 Å². The molecule has 1 aromatic carbocycles. The highest BCUT2D eigenvalue weighted by atomic mass is 16.5. The van der Waals surface area contributed by atoms with E-state index in [0.29, 0.717) is 12.5 Å². The molecule has 5 nitrogen and oxygen atoms in total. The smallest absolute Gasteiger partial charge is 0.213 e. The molecule has 0 bridgehead atoms. The summed E-state index contributed by atoms with van der Waals surface area (Å²) in [6, 6.07) is 14.6. The van der Waals surface area contributed by atoms with Crippen LogP contribution in [0.1, 0.15) is 24.0 Å². The number of aromatic amines is 1. The first-order valence-corrected chi connectivity index (χ1v) is 9.26. The second-order valence-corrected chi connectivity index (χ2v) is 6.68. The topological polar surface area (TPSA) is 54.0 Å². The first kappa shape index (κ1) is 16.8. The fraction of sp³-hybridized carbons (Fsp3) is 0.333. The van der Waals surface area contributed by atoms with E-state index in [-0.39, 0.29) is 0 Å². The number of nitrogens with zero attached hydrogens (tertiary/aromatic N) is 3. The van der Waals surface area contributed by atoms with Crippen molar-refractivity contribution < 1.29 is 4.74 Å². The molecule has 0 fully saturated rings. The van der Waals surface area contributed by atoms with E-state index in [9.17, 15) is 0 Å². The summed E-state index contributed by atoms with van der Waals surface area (Å²) < 4.78 is 5.83. The number of rotatable bonds is 7. The van der Waals surface area contributed by atoms with Crippen molar-refractivity contribution in [3.63, 3.8) is 0 Å². The summed E-state index contributed by atoms with van der Waals surface area (Å²) in [7, 11) is 0. The lowest BCUT2D eigenvalue weighted by Crippen LogP contribution is -2.31. The van der Waals surface area contributed by atoms with Gasteiger partial charge in [-0.05, 0) is 43.0 Å². The van der Waals surface area contributed by atoms with Crippen molar-refractivity contribution in [3.05, 3.63) is 66.1 Å². The maximum absolute atomic E-state index is 5.83. The quantitative estimate of drug-likeness (QED) is 0.662. The molecule has 0 amide bonds. The third kappa shape index (κ3) is 4.11. The van der Waals surface area contributed by atoms with Crippen LogP contribution in [0.2, 0.25) is 0 Å². The third-order valence-corrected chi connectivity index (χ3v) is 4.83. The molecule has 1 aliphatic rings. The summed E-state index contributed by atoms with van der Waals surface area (Å²) in [5, 5.41) is 0. The van der Waals surface area contributed by atoms with Crippen molar-refractivity contribution in [2.75, 3.05) is 19.7 Å². The standard InChI is InChI=1S/C21H24N4O/c1-2-7-18-15-25(12-10-17(18)6-1)11-3-4-13-26-21-9-5-8-19(24-21)20-14-22-16-23-20/h1-2,5-9,14,16H,3-4,10-13,15H2,(H,22,23). The molecule has 2 aromatic heterocycles. The largest absolute Gasteiger partial charge is 0.478 e. The van der Waals surface area contributed by atoms with Gasteiger partial charge >= 0.3 is 0 Å². The van der Waals surface area contributed by atoms with Crippen LogP contribution in [-0.4, -0.2) is 39.5 Å². The predicted molar refractivity (Wildman–Crippen MR) is 102 cm³/mol. The zero-order chi connectivity index (χ0) is 17.6. The highest BCUT2D eigenvalue weighted by Gasteiger charge is 2.14. The Kier molecular flexibility index (Phi) is 5.26. The summed E-state index contributed by atoms with van der Waals surface area (Å²) in [6.07, 6.45) is 6.76. The van der Waals surface area contributed by atoms with Crippen molar-refractivity contribution in [2.45, 2.75) is 25.8 Å². The Balaban J connectivity index is 1.20. The van der Waals surface area contributed by atoms with Crippen molar-refractivity contribution in [1.82, 2.24) is 19.9 Å². The first-order valence-electron chi connectivity index (χ1n) is 9.26. The van der Waals surface area contributed by atoms with Gasteiger partial charge in [0.2, 0.25) is 5.88 Å². The minimum Gasteiger partial charge on any atom is -0.478 e. The number of nitrogens with one attached hydrogen (secondary N) is 1. The number of ether oxygens (including phenoxy) is 1. The Morgan fingerprint density at radius 2 is 1.96 bits per heavy atom. The Hall–Kier alpha value is -2.66. The Morgan fingerprint density at radius 1 is 1.04 bits per heavy atom. The van der Waals surface area contributed by atoms with Crippen LogP contribution in [0.5, 0.6) is 5.88 Å². The fourth-order valence-corrected chi connectivity index (χ4v) is 3.40. The molecule has 5 heteroatoms. The minimum absolute atomic E-state index is 0.670. The van der Waals surface area contributed by atoms with Crippen LogP contribution in [0, 0.1) is 0 Å². The van der Waals surface area contributed by atoms with E-state index in [4.69, 9.17) is 4.74 Å². The van der Waals surface area contributed by atoms with Crippen LogP contribution < -0.4 is 4.74 Å². The molecule has 1 aliphatic heterocycles. The lowest BCUT2D eigenvalue weighted by atomic mass is 10.00. The molecule has 26 heavy (non-hydrogen) atoms. The number of imidazole rings is 1. The van der Waals surface area contributed by atoms with E-state index in [1.165, 1.54) is 11.1 Å². The molecular formula is C21H24N4O. The number of hydrogen-bond donors (Lipinski definition) is 1. The predicted octanol–water partition coefficient (Wildman–Crippen LogP) is 3.69. The number of aromatic nitrogens is 3. The second-order valence-electron chi connectivity index (χ2n) is 6.68. The molecule has 134 valence electrons. The van der Waals surface area contributed by atoms with Gasteiger partial charge in [0.25, 0.3) is 0 Å². The molecule has 0 saturated carbocycles. The lowest BCUT2D eigenvalue weighted by Gasteiger charge is -2.28. The molecule has 0 atom stereocenters. The van der Waals surface area contributed by atoms with E-state index < -0.39 is 0 Å². The summed E-state index contributed by atoms with van der Waals surface area (Å²) in [6.45, 7) is 4.06. The fourth-order valence-electron chi connectivity index (χ4n) is 3.40. The molecule has 3 aromatic rings. The monoisotopic (exact) mass is 348 g/mol. The van der Waals surface area contributed by atoms with Crippen LogP contribution in [0.4, 0.5) is 0 Å². The summed E-state index contributed by atoms with van der Waals surface area (Å²) in [4.78, 5) is 14.2. The highest BCUT2D eigenvalue weighted by molar-refractivity contribution is 5.53. The molecule has 0 radical (unpaired) electrons. The number of unbranched alkanes of at least 4 members (excludes halogenated alkanes) is 1. The van der Waals surface area contributed by atoms with E-state index >= 15 is 0 Å². The third-order valence-electron chi connectivity index (χ3n) is 4.83. The van der Waals surface area contributed by atoms with Crippen LogP contribution in [0.3, 0.4) is 0 Å². The van der Waals surface area contributed by atoms with Gasteiger partial charge in [-0.2, -0.15) is 0 Å². The highest BCUT2D eigenvalue weighted by Crippen LogP contribution is 2.19. The average molecular weight is 348 g/mol. The number of hydrogen-bond acceptors (Lipinski definition) is 4. The molecule has 3 heterocycles. The van der Waals surface area contributed by atoms with Crippen molar-refractivity contribution in [3.8, 4) is 17.3 Å². The second kappa shape index (κ2) is 8.15. The van der Waals surface area contributed by atoms with E-state index in [0.717, 1.165) is 50.3 Å². The number of fused-ring (bicyclic) bond motifs is 1. The number of pyridine rings is 1. The molecular weight excluding hydrogens is 324 g/mol. The van der Waals surface area contributed by atoms with Crippen LogP contribution in [0.25, 0.3) is 11.4 Å². The van der Waals surface area contributed by atoms with Gasteiger partial charge in [-0.25, -0.2) is 9.97 Å². The van der Waals surface area contributed by atoms with Gasteiger partial charge in [0.05, 0.1) is 30.5 Å². The lowest BCUT2D eigenvalue weighted by molar-refractivity contribution is 0.233. The molecule has 4 rings (SSSR count). The number of H-pyrrole nitrogens is 1. The Morgan fingerprint density at radius 3 is 2.85 bits per heavy atom. The van der Waals surface area contributed by atoms with E-state index in [1.807, 2.05) is 18.2 Å². The molecule has 0 aliphatic carbocycles. The van der Waals surface area contributed by atoms with Gasteiger partial charge in [-0.1, -0.05) is 30.3 Å². The summed E-state index contributed by atoms with van der Waals surface area (Å²) in [5.74, 6) is 0.670. The van der Waals surface area contributed by atoms with Crippen molar-refractivity contribution in [1.29, 1.82) is 0 Å². The molecule has 0 spiro atoms. The maximum atomic E-state index is 5.83. The molecule has 0 unspecified atom stereocenters. The maximum Gasteiger partial charge on any atom is 0.213 e. The van der Waals surface area contributed by atoms with Gasteiger partial charge in [-0.3, -0.25) is 4.90 Å². The van der Waals surface area contributed by atoms with E-state index in [2.05, 4.69) is 44.1 Å². The normalized spacial score (nSPS) is 14.2. The SMILES string of the molecule is c1cc(OCCCCN2CCc3ccccc3C2)nc(-c2cnc[nH]2)c1. The zero-order valence-electron chi connectivity index (χ0n) is 14.9. The Labute approximate surface area is 154 Å². The van der Waals surface area contributed by atoms with Crippen LogP contribution in [-0.2, 0) is 13.0 Å². The van der Waals surface area contributed by atoms with Crippen LogP contribution in [0.15, 0.2) is 55.0 Å². The molecule has 0 saturated heterocycles. The van der Waals surface area contributed by atoms with Gasteiger partial charge in [0.15, 0.2) is 0 Å². The zero-order valence-corrected chi connectivity index (χ0v) is 14.9. The van der Waals surface area contributed by atoms with Crippen LogP contribution >= 0.6 is 0 Å². The molecule has 1 N–H and O–H groups in total. The van der Waals surface area contributed by atoms with Gasteiger partial charge < -0.3 is 9.72 Å². The van der Waals surface area contributed by atoms with Gasteiger partial charge in [-0.15, -0.1) is 0 Å². The summed E-state index contributed by atoms with van der Waals surface area (Å²) in [5.41, 5.74) is 4.75.